The molecule has 1 saturated carbocycles. The lowest BCUT2D eigenvalue weighted by molar-refractivity contribution is -0.122. The van der Waals surface area contributed by atoms with Crippen LogP contribution in [-0.2, 0) is 15.8 Å². The van der Waals surface area contributed by atoms with Crippen LogP contribution >= 0.6 is 15.9 Å². The van der Waals surface area contributed by atoms with Crippen molar-refractivity contribution in [3.63, 3.8) is 0 Å². The average Bonchev–Trinajstić information content (AvgIpc) is 3.65. The summed E-state index contributed by atoms with van der Waals surface area (Å²) in [5.74, 6) is 0. The van der Waals surface area contributed by atoms with Crippen LogP contribution < -0.4 is 5.56 Å². The molecule has 4 rings (SSSR count). The third-order valence-corrected chi connectivity index (χ3v) is 9.59. The summed E-state index contributed by atoms with van der Waals surface area (Å²) in [6, 6.07) is 14.6. The summed E-state index contributed by atoms with van der Waals surface area (Å²) in [6.45, 7) is 15.7. The molecule has 0 N–H and O–H groups in total. The molecule has 3 aromatic rings. The van der Waals surface area contributed by atoms with Gasteiger partial charge in [0, 0.05) is 21.6 Å². The summed E-state index contributed by atoms with van der Waals surface area (Å²) in [6.07, 6.45) is 14.5. The molecule has 0 aliphatic heterocycles. The van der Waals surface area contributed by atoms with Gasteiger partial charge < -0.3 is 4.74 Å². The van der Waals surface area contributed by atoms with Crippen LogP contribution in [0.2, 0.25) is 0 Å². The number of benzene rings is 2. The lowest BCUT2D eigenvalue weighted by Gasteiger charge is -2.39. The molecule has 0 amide bonds. The molecule has 4 heteroatoms. The van der Waals surface area contributed by atoms with Crippen LogP contribution in [0.1, 0.15) is 124 Å². The molecule has 1 atom stereocenters. The molecule has 1 aromatic heterocycles. The molecule has 1 fully saturated rings. The Hall–Kier alpha value is -1.91. The van der Waals surface area contributed by atoms with E-state index in [4.69, 9.17) is 4.74 Å². The van der Waals surface area contributed by atoms with Crippen molar-refractivity contribution >= 4 is 26.7 Å². The Bertz CT molecular complexity index is 1360. The van der Waals surface area contributed by atoms with E-state index in [1.807, 2.05) is 22.9 Å². The number of rotatable bonds is 13. The summed E-state index contributed by atoms with van der Waals surface area (Å²) in [7, 11) is 0. The topological polar surface area (TPSA) is 31.2 Å². The molecule has 1 aliphatic rings. The SMILES string of the molecule is CCCCCCCCCC(OC(C)(C)c1c(Br)cccc1-n1ccc2ccc(C3(C)CC3)cc2c1=O)C(C)(C)C. The van der Waals surface area contributed by atoms with E-state index in [9.17, 15) is 4.79 Å². The quantitative estimate of drug-likeness (QED) is 0.181. The van der Waals surface area contributed by atoms with Crippen LogP contribution in [0.25, 0.3) is 16.5 Å². The molecule has 218 valence electrons. The molecular weight excluding hydrogens is 558 g/mol. The zero-order valence-electron chi connectivity index (χ0n) is 25.9. The Morgan fingerprint density at radius 3 is 2.27 bits per heavy atom. The summed E-state index contributed by atoms with van der Waals surface area (Å²) < 4.78 is 9.81. The van der Waals surface area contributed by atoms with Crippen LogP contribution in [0.15, 0.2) is 57.9 Å². The first-order valence-corrected chi connectivity index (χ1v) is 16.3. The van der Waals surface area contributed by atoms with Gasteiger partial charge in [0.2, 0.25) is 0 Å². The Morgan fingerprint density at radius 2 is 1.62 bits per heavy atom. The molecule has 0 radical (unpaired) electrons. The van der Waals surface area contributed by atoms with Crippen molar-refractivity contribution in [2.75, 3.05) is 0 Å². The molecule has 1 heterocycles. The summed E-state index contributed by atoms with van der Waals surface area (Å²) in [5.41, 5.74) is 2.80. The fourth-order valence-corrected chi connectivity index (χ4v) is 6.79. The number of nitrogens with zero attached hydrogens (tertiary/aromatic N) is 1. The van der Waals surface area contributed by atoms with E-state index in [2.05, 4.69) is 94.7 Å². The largest absolute Gasteiger partial charge is 0.367 e. The number of fused-ring (bicyclic) bond motifs is 1. The van der Waals surface area contributed by atoms with Crippen molar-refractivity contribution in [1.29, 1.82) is 0 Å². The van der Waals surface area contributed by atoms with Gasteiger partial charge in [-0.15, -0.1) is 0 Å². The Morgan fingerprint density at radius 1 is 0.950 bits per heavy atom. The lowest BCUT2D eigenvalue weighted by atomic mass is 9.84. The number of aromatic nitrogens is 1. The Kier molecular flexibility index (Phi) is 9.72. The number of halogens is 1. The lowest BCUT2D eigenvalue weighted by Crippen LogP contribution is -2.38. The second-order valence-corrected chi connectivity index (χ2v) is 14.7. The highest BCUT2D eigenvalue weighted by molar-refractivity contribution is 9.10. The van der Waals surface area contributed by atoms with Gasteiger partial charge >= 0.3 is 0 Å². The number of hydrogen-bond acceptors (Lipinski definition) is 2. The maximum absolute atomic E-state index is 14.0. The van der Waals surface area contributed by atoms with Gasteiger partial charge in [-0.25, -0.2) is 0 Å². The van der Waals surface area contributed by atoms with Crippen LogP contribution in [0.4, 0.5) is 0 Å². The smallest absolute Gasteiger partial charge is 0.262 e. The van der Waals surface area contributed by atoms with E-state index < -0.39 is 5.60 Å². The number of pyridine rings is 1. The van der Waals surface area contributed by atoms with Gasteiger partial charge in [-0.05, 0) is 79.2 Å². The second kappa shape index (κ2) is 12.5. The first-order chi connectivity index (χ1) is 18.9. The Balaban J connectivity index is 1.63. The minimum atomic E-state index is -0.605. The highest BCUT2D eigenvalue weighted by Crippen LogP contribution is 2.48. The highest BCUT2D eigenvalue weighted by atomic mass is 79.9. The van der Waals surface area contributed by atoms with Crippen molar-refractivity contribution < 1.29 is 4.74 Å². The number of hydrogen-bond donors (Lipinski definition) is 0. The Labute approximate surface area is 250 Å². The second-order valence-electron chi connectivity index (χ2n) is 13.9. The van der Waals surface area contributed by atoms with Crippen molar-refractivity contribution in [3.05, 3.63) is 74.6 Å². The molecule has 0 spiro atoms. The van der Waals surface area contributed by atoms with Crippen molar-refractivity contribution in [2.24, 2.45) is 5.41 Å². The van der Waals surface area contributed by atoms with E-state index in [1.54, 1.807) is 0 Å². The van der Waals surface area contributed by atoms with E-state index in [0.717, 1.165) is 32.9 Å². The average molecular weight is 609 g/mol. The minimum Gasteiger partial charge on any atom is -0.367 e. The molecule has 1 aliphatic carbocycles. The first-order valence-electron chi connectivity index (χ1n) is 15.5. The van der Waals surface area contributed by atoms with E-state index in [1.165, 1.54) is 63.4 Å². The molecular formula is C36H50BrNO2. The fourth-order valence-electron chi connectivity index (χ4n) is 5.96. The molecule has 0 saturated heterocycles. The standard InChI is InChI=1S/C36H50BrNO2/c1-8-9-10-11-12-13-14-18-31(34(2,3)4)40-35(5,6)32-29(37)16-15-17-30(32)38-24-21-26-19-20-27(36(7)22-23-36)25-28(26)33(38)39/h15-17,19-21,24-25,31H,8-14,18,22-23H2,1-7H3. The molecule has 0 bridgehead atoms. The number of ether oxygens (including phenoxy) is 1. The van der Waals surface area contributed by atoms with Crippen LogP contribution in [0.3, 0.4) is 0 Å². The fraction of sp³-hybridized carbons (Fsp3) is 0.583. The van der Waals surface area contributed by atoms with Gasteiger partial charge in [0.05, 0.1) is 17.4 Å². The summed E-state index contributed by atoms with van der Waals surface area (Å²) >= 11 is 3.84. The first kappa shape index (κ1) is 31.0. The zero-order chi connectivity index (χ0) is 29.1. The van der Waals surface area contributed by atoms with Crippen LogP contribution in [0.5, 0.6) is 0 Å². The molecule has 2 aromatic carbocycles. The number of unbranched alkanes of at least 4 members (excludes halogenated alkanes) is 6. The van der Waals surface area contributed by atoms with Crippen molar-refractivity contribution in [1.82, 2.24) is 4.57 Å². The van der Waals surface area contributed by atoms with Gasteiger partial charge in [-0.1, -0.05) is 114 Å². The normalized spacial score (nSPS) is 15.9. The molecule has 3 nitrogen and oxygen atoms in total. The summed E-state index contributed by atoms with van der Waals surface area (Å²) in [5, 5.41) is 1.77. The predicted octanol–water partition coefficient (Wildman–Crippen LogP) is 10.6. The zero-order valence-corrected chi connectivity index (χ0v) is 27.5. The third kappa shape index (κ3) is 7.10. The predicted molar refractivity (Wildman–Crippen MR) is 174 cm³/mol. The van der Waals surface area contributed by atoms with Crippen LogP contribution in [-0.4, -0.2) is 10.7 Å². The maximum Gasteiger partial charge on any atom is 0.262 e. The van der Waals surface area contributed by atoms with Gasteiger partial charge in [0.1, 0.15) is 0 Å². The van der Waals surface area contributed by atoms with Crippen molar-refractivity contribution in [2.45, 2.75) is 130 Å². The monoisotopic (exact) mass is 607 g/mol. The molecule has 1 unspecified atom stereocenters. The van der Waals surface area contributed by atoms with Gasteiger partial charge in [0.25, 0.3) is 5.56 Å². The van der Waals surface area contributed by atoms with Gasteiger partial charge in [-0.3, -0.25) is 9.36 Å². The highest BCUT2D eigenvalue weighted by Gasteiger charge is 2.39. The van der Waals surface area contributed by atoms with Crippen LogP contribution in [0, 0.1) is 5.41 Å². The van der Waals surface area contributed by atoms with Gasteiger partial charge in [0.15, 0.2) is 0 Å². The maximum atomic E-state index is 14.0. The van der Waals surface area contributed by atoms with E-state index in [0.29, 0.717) is 0 Å². The van der Waals surface area contributed by atoms with Crippen molar-refractivity contribution in [3.8, 4) is 5.69 Å². The third-order valence-electron chi connectivity index (χ3n) is 8.93. The van der Waals surface area contributed by atoms with E-state index in [-0.39, 0.29) is 22.5 Å². The molecule has 40 heavy (non-hydrogen) atoms. The van der Waals surface area contributed by atoms with E-state index >= 15 is 0 Å². The minimum absolute atomic E-state index is 0.00993. The van der Waals surface area contributed by atoms with Gasteiger partial charge in [-0.2, -0.15) is 0 Å². The summed E-state index contributed by atoms with van der Waals surface area (Å²) in [4.78, 5) is 14.0.